The van der Waals surface area contributed by atoms with E-state index in [-0.39, 0.29) is 25.2 Å². The first-order valence-electron chi connectivity index (χ1n) is 30.8. The monoisotopic (exact) mass is 1000 g/mol. The summed E-state index contributed by atoms with van der Waals surface area (Å²) in [5.41, 5.74) is 0. The van der Waals surface area contributed by atoms with E-state index in [0.29, 0.717) is 12.8 Å². The molecule has 0 spiro atoms. The highest BCUT2D eigenvalue weighted by Crippen LogP contribution is 2.17. The van der Waals surface area contributed by atoms with Gasteiger partial charge in [0, 0.05) is 12.8 Å². The standard InChI is InChI=1S/C67H116O5/c1-3-5-7-9-11-13-15-17-19-21-23-24-25-26-27-28-29-30-31-32-33-34-35-36-37-38-39-40-41-42-44-46-48-50-52-54-56-58-60-62-67(70)72-65(63-68)64-71-66(69)61-59-57-55-53-51-49-47-45-43-22-20-18-16-14-12-10-8-6-4-2/h5,7,11,13,17,19,23-24,26-27,29-30,32-33,35-36,65,68H,3-4,6,8-10,12,14-16,18,20-22,25,28,31,34,37-64H2,1-2H3/b7-5-,13-11-,19-17-,24-23-,27-26-,30-29-,33-32-,36-35-. The highest BCUT2D eigenvalue weighted by molar-refractivity contribution is 5.70. The Kier molecular flexibility index (Phi) is 59.4. The van der Waals surface area contributed by atoms with Gasteiger partial charge in [-0.3, -0.25) is 9.59 Å². The second kappa shape index (κ2) is 62.1. The fraction of sp³-hybridized carbons (Fsp3) is 0.731. The molecule has 0 saturated carbocycles. The molecule has 1 atom stereocenters. The van der Waals surface area contributed by atoms with Gasteiger partial charge in [0.15, 0.2) is 6.10 Å². The molecule has 0 aliphatic rings. The topological polar surface area (TPSA) is 72.8 Å². The van der Waals surface area contributed by atoms with Gasteiger partial charge in [-0.25, -0.2) is 0 Å². The first-order valence-corrected chi connectivity index (χ1v) is 30.8. The molecule has 0 rings (SSSR count). The number of allylic oxidation sites excluding steroid dienone is 16. The summed E-state index contributed by atoms with van der Waals surface area (Å²) in [7, 11) is 0. The third-order valence-corrected chi connectivity index (χ3v) is 13.4. The molecule has 5 heteroatoms. The molecule has 0 heterocycles. The minimum Gasteiger partial charge on any atom is -0.462 e. The number of esters is 2. The maximum Gasteiger partial charge on any atom is 0.306 e. The van der Waals surface area contributed by atoms with E-state index in [0.717, 1.165) is 89.9 Å². The predicted molar refractivity (Wildman–Crippen MR) is 316 cm³/mol. The first kappa shape index (κ1) is 68.8. The Morgan fingerprint density at radius 2 is 0.597 bits per heavy atom. The lowest BCUT2D eigenvalue weighted by Gasteiger charge is -2.15. The quantitative estimate of drug-likeness (QED) is 0.0373. The van der Waals surface area contributed by atoms with Gasteiger partial charge in [0.1, 0.15) is 6.61 Å². The summed E-state index contributed by atoms with van der Waals surface area (Å²) >= 11 is 0. The van der Waals surface area contributed by atoms with Crippen LogP contribution in [0.1, 0.15) is 296 Å². The molecule has 0 aromatic carbocycles. The molecule has 72 heavy (non-hydrogen) atoms. The number of carbonyl (C=O) groups is 2. The molecule has 0 radical (unpaired) electrons. The Hall–Kier alpha value is -3.18. The Morgan fingerprint density at radius 3 is 0.903 bits per heavy atom. The van der Waals surface area contributed by atoms with Crippen molar-refractivity contribution in [2.45, 2.75) is 302 Å². The van der Waals surface area contributed by atoms with Gasteiger partial charge < -0.3 is 14.6 Å². The molecule has 5 nitrogen and oxygen atoms in total. The van der Waals surface area contributed by atoms with Gasteiger partial charge in [-0.15, -0.1) is 0 Å². The zero-order chi connectivity index (χ0) is 52.0. The lowest BCUT2D eigenvalue weighted by atomic mass is 10.0. The number of hydrogen-bond acceptors (Lipinski definition) is 5. The van der Waals surface area contributed by atoms with E-state index in [1.807, 2.05) is 0 Å². The maximum absolute atomic E-state index is 12.3. The number of aliphatic hydroxyl groups is 1. The fourth-order valence-corrected chi connectivity index (χ4v) is 8.81. The fourth-order valence-electron chi connectivity index (χ4n) is 8.81. The van der Waals surface area contributed by atoms with E-state index in [9.17, 15) is 14.7 Å². The smallest absolute Gasteiger partial charge is 0.306 e. The van der Waals surface area contributed by atoms with Crippen LogP contribution in [0.3, 0.4) is 0 Å². The van der Waals surface area contributed by atoms with Crippen molar-refractivity contribution in [2.24, 2.45) is 0 Å². The maximum atomic E-state index is 12.3. The van der Waals surface area contributed by atoms with Crippen molar-refractivity contribution >= 4 is 11.9 Å². The van der Waals surface area contributed by atoms with Gasteiger partial charge in [-0.2, -0.15) is 0 Å². The van der Waals surface area contributed by atoms with E-state index < -0.39 is 6.10 Å². The zero-order valence-corrected chi connectivity index (χ0v) is 47.4. The van der Waals surface area contributed by atoms with Gasteiger partial charge in [-0.05, 0) is 77.0 Å². The van der Waals surface area contributed by atoms with E-state index in [1.54, 1.807) is 0 Å². The third-order valence-electron chi connectivity index (χ3n) is 13.4. The van der Waals surface area contributed by atoms with Crippen LogP contribution < -0.4 is 0 Å². The molecule has 0 aromatic rings. The molecule has 0 aromatic heterocycles. The lowest BCUT2D eigenvalue weighted by molar-refractivity contribution is -0.161. The number of rotatable bonds is 56. The van der Waals surface area contributed by atoms with Crippen LogP contribution in [0, 0.1) is 0 Å². The average molecular weight is 1000 g/mol. The van der Waals surface area contributed by atoms with Gasteiger partial charge in [0.05, 0.1) is 6.61 Å². The molecular weight excluding hydrogens is 885 g/mol. The Bertz CT molecular complexity index is 1360. The van der Waals surface area contributed by atoms with Crippen LogP contribution in [0.25, 0.3) is 0 Å². The van der Waals surface area contributed by atoms with Crippen LogP contribution in [0.2, 0.25) is 0 Å². The molecule has 0 saturated heterocycles. The Morgan fingerprint density at radius 1 is 0.333 bits per heavy atom. The molecular formula is C67H116O5. The van der Waals surface area contributed by atoms with Crippen molar-refractivity contribution < 1.29 is 24.2 Å². The van der Waals surface area contributed by atoms with E-state index in [1.165, 1.54) is 180 Å². The van der Waals surface area contributed by atoms with Crippen LogP contribution in [0.5, 0.6) is 0 Å². The van der Waals surface area contributed by atoms with Gasteiger partial charge in [0.25, 0.3) is 0 Å². The number of hydrogen-bond donors (Lipinski definition) is 1. The second-order valence-corrected chi connectivity index (χ2v) is 20.4. The van der Waals surface area contributed by atoms with Crippen molar-refractivity contribution in [3.63, 3.8) is 0 Å². The molecule has 0 fully saturated rings. The van der Waals surface area contributed by atoms with Crippen molar-refractivity contribution in [3.8, 4) is 0 Å². The molecule has 0 bridgehead atoms. The van der Waals surface area contributed by atoms with Crippen LogP contribution in [-0.2, 0) is 19.1 Å². The number of aliphatic hydroxyl groups excluding tert-OH is 1. The van der Waals surface area contributed by atoms with E-state index in [4.69, 9.17) is 9.47 Å². The van der Waals surface area contributed by atoms with Crippen LogP contribution in [0.15, 0.2) is 97.2 Å². The van der Waals surface area contributed by atoms with Gasteiger partial charge in [-0.1, -0.05) is 304 Å². The minimum atomic E-state index is -0.774. The van der Waals surface area contributed by atoms with Crippen molar-refractivity contribution in [2.75, 3.05) is 13.2 Å². The van der Waals surface area contributed by atoms with E-state index in [2.05, 4.69) is 111 Å². The molecule has 0 amide bonds. The molecule has 0 aliphatic heterocycles. The van der Waals surface area contributed by atoms with Crippen molar-refractivity contribution in [3.05, 3.63) is 97.2 Å². The summed E-state index contributed by atoms with van der Waals surface area (Å²) in [5, 5.41) is 9.66. The zero-order valence-electron chi connectivity index (χ0n) is 47.4. The third kappa shape index (κ3) is 59.4. The normalized spacial score (nSPS) is 12.9. The van der Waals surface area contributed by atoms with Crippen LogP contribution in [-0.4, -0.2) is 36.4 Å². The van der Waals surface area contributed by atoms with Gasteiger partial charge >= 0.3 is 11.9 Å². The SMILES string of the molecule is CC/C=C\C/C=C\C/C=C\C/C=C\C/C=C\C/C=C\C/C=C\C/C=C\CCCCCCCCCCCCCCCCC(=O)OC(CO)COC(=O)CCCCCCCCCCCCCCCCCCCCC. The van der Waals surface area contributed by atoms with E-state index >= 15 is 0 Å². The van der Waals surface area contributed by atoms with Crippen LogP contribution >= 0.6 is 0 Å². The molecule has 414 valence electrons. The summed E-state index contributed by atoms with van der Waals surface area (Å²) in [4.78, 5) is 24.5. The van der Waals surface area contributed by atoms with Gasteiger partial charge in [0.2, 0.25) is 0 Å². The van der Waals surface area contributed by atoms with Crippen molar-refractivity contribution in [1.29, 1.82) is 0 Å². The summed E-state index contributed by atoms with van der Waals surface area (Å²) in [6.45, 7) is 4.06. The Balaban J connectivity index is 3.49. The Labute approximate surface area is 447 Å². The number of carbonyl (C=O) groups excluding carboxylic acids is 2. The largest absolute Gasteiger partial charge is 0.462 e. The lowest BCUT2D eigenvalue weighted by Crippen LogP contribution is -2.28. The second-order valence-electron chi connectivity index (χ2n) is 20.4. The highest BCUT2D eigenvalue weighted by atomic mass is 16.6. The van der Waals surface area contributed by atoms with Crippen LogP contribution in [0.4, 0.5) is 0 Å². The number of ether oxygens (including phenoxy) is 2. The average Bonchev–Trinajstić information content (AvgIpc) is 3.38. The molecule has 1 N–H and O–H groups in total. The molecule has 1 unspecified atom stereocenters. The summed E-state index contributed by atoms with van der Waals surface area (Å²) < 4.78 is 10.7. The first-order chi connectivity index (χ1) is 35.6. The highest BCUT2D eigenvalue weighted by Gasteiger charge is 2.16. The minimum absolute atomic E-state index is 0.0647. The van der Waals surface area contributed by atoms with Crippen molar-refractivity contribution in [1.82, 2.24) is 0 Å². The summed E-state index contributed by atoms with van der Waals surface area (Å²) in [6, 6.07) is 0. The summed E-state index contributed by atoms with van der Waals surface area (Å²) in [6.07, 6.45) is 88.3. The summed E-state index contributed by atoms with van der Waals surface area (Å²) in [5.74, 6) is -0.580. The predicted octanol–water partition coefficient (Wildman–Crippen LogP) is 21.1. The number of unbranched alkanes of at least 4 members (excludes halogenated alkanes) is 32. The molecule has 0 aliphatic carbocycles.